The molecule has 1 atom stereocenters. The van der Waals surface area contributed by atoms with Gasteiger partial charge in [0.15, 0.2) is 0 Å². The number of isocyanates is 2. The molecule has 0 amide bonds. The van der Waals surface area contributed by atoms with Gasteiger partial charge in [-0.1, -0.05) is 6.07 Å². The van der Waals surface area contributed by atoms with Crippen LogP contribution in [0.4, 0.5) is 11.4 Å². The van der Waals surface area contributed by atoms with E-state index in [1.54, 1.807) is 25.1 Å². The normalized spacial score (nSPS) is 17.0. The fourth-order valence-electron chi connectivity index (χ4n) is 1.05. The highest BCUT2D eigenvalue weighted by molar-refractivity contribution is 5.64. The van der Waals surface area contributed by atoms with Gasteiger partial charge in [-0.15, -0.1) is 0 Å². The van der Waals surface area contributed by atoms with E-state index in [0.29, 0.717) is 23.0 Å². The number of nitrogens with zero attached hydrogens (tertiary/aromatic N) is 2. The monoisotopic (exact) mass is 276 g/mol. The molecule has 1 aromatic rings. The molecule has 20 heavy (non-hydrogen) atoms. The number of carbonyl (C=O) groups excluding carboxylic acids is 2. The molecular formula is C14H16N2O4. The lowest BCUT2D eigenvalue weighted by Crippen LogP contribution is -1.75. The van der Waals surface area contributed by atoms with Crippen molar-refractivity contribution in [2.75, 3.05) is 19.8 Å². The molecule has 0 N–H and O–H groups in total. The number of benzene rings is 1. The van der Waals surface area contributed by atoms with Crippen LogP contribution < -0.4 is 0 Å². The van der Waals surface area contributed by atoms with E-state index in [1.165, 1.54) is 12.2 Å². The van der Waals surface area contributed by atoms with Crippen LogP contribution in [0.1, 0.15) is 12.5 Å². The highest BCUT2D eigenvalue weighted by atomic mass is 16.6. The van der Waals surface area contributed by atoms with Crippen molar-refractivity contribution >= 4 is 23.5 Å². The minimum Gasteiger partial charge on any atom is -0.377 e. The third kappa shape index (κ3) is 7.36. The molecule has 0 saturated carbocycles. The Balaban J connectivity index is 0.000000228. The van der Waals surface area contributed by atoms with Gasteiger partial charge in [0.1, 0.15) is 0 Å². The fraction of sp³-hybridized carbons (Fsp3) is 0.429. The summed E-state index contributed by atoms with van der Waals surface area (Å²) in [6.45, 7) is 6.76. The van der Waals surface area contributed by atoms with Crippen LogP contribution in [0, 0.1) is 6.92 Å². The molecule has 0 spiro atoms. The van der Waals surface area contributed by atoms with E-state index in [-0.39, 0.29) is 0 Å². The summed E-state index contributed by atoms with van der Waals surface area (Å²) in [5.41, 5.74) is 1.59. The summed E-state index contributed by atoms with van der Waals surface area (Å²) in [6, 6.07) is 4.94. The summed E-state index contributed by atoms with van der Waals surface area (Å²) in [5.74, 6) is 0. The average molecular weight is 276 g/mol. The zero-order valence-corrected chi connectivity index (χ0v) is 11.5. The molecule has 6 nitrogen and oxygen atoms in total. The quantitative estimate of drug-likeness (QED) is 0.471. The highest BCUT2D eigenvalue weighted by Gasteiger charge is 2.13. The lowest BCUT2D eigenvalue weighted by atomic mass is 10.1. The third-order valence-electron chi connectivity index (χ3n) is 2.31. The van der Waals surface area contributed by atoms with Crippen molar-refractivity contribution < 1.29 is 19.1 Å². The Kier molecular flexibility index (Phi) is 7.11. The summed E-state index contributed by atoms with van der Waals surface area (Å²) in [5, 5.41) is 0. The Labute approximate surface area is 117 Å². The van der Waals surface area contributed by atoms with Gasteiger partial charge in [-0.25, -0.2) is 9.59 Å². The first kappa shape index (κ1) is 16.0. The first-order chi connectivity index (χ1) is 9.69. The number of epoxide rings is 2. The van der Waals surface area contributed by atoms with Crippen LogP contribution in [0.3, 0.4) is 0 Å². The van der Waals surface area contributed by atoms with Crippen molar-refractivity contribution in [3.05, 3.63) is 23.8 Å². The van der Waals surface area contributed by atoms with E-state index >= 15 is 0 Å². The number of hydrogen-bond acceptors (Lipinski definition) is 6. The smallest absolute Gasteiger partial charge is 0.240 e. The van der Waals surface area contributed by atoms with Gasteiger partial charge in [-0.3, -0.25) is 0 Å². The van der Waals surface area contributed by atoms with Crippen LogP contribution in [-0.2, 0) is 19.1 Å². The van der Waals surface area contributed by atoms with Gasteiger partial charge in [0.25, 0.3) is 0 Å². The molecule has 106 valence electrons. The zero-order valence-electron chi connectivity index (χ0n) is 11.5. The van der Waals surface area contributed by atoms with E-state index < -0.39 is 0 Å². The van der Waals surface area contributed by atoms with Gasteiger partial charge >= 0.3 is 0 Å². The van der Waals surface area contributed by atoms with Crippen molar-refractivity contribution in [3.8, 4) is 0 Å². The number of hydrogen-bond donors (Lipinski definition) is 0. The lowest BCUT2D eigenvalue weighted by Gasteiger charge is -1.99. The topological polar surface area (TPSA) is 83.9 Å². The highest BCUT2D eigenvalue weighted by Crippen LogP contribution is 2.26. The molecule has 2 fully saturated rings. The molecule has 2 heterocycles. The molecule has 0 radical (unpaired) electrons. The van der Waals surface area contributed by atoms with E-state index in [0.717, 1.165) is 19.8 Å². The van der Waals surface area contributed by atoms with Crippen molar-refractivity contribution in [1.82, 2.24) is 0 Å². The molecule has 0 aliphatic carbocycles. The number of aliphatic imine (C=N–C) groups is 2. The van der Waals surface area contributed by atoms with Crippen LogP contribution in [0.15, 0.2) is 28.2 Å². The van der Waals surface area contributed by atoms with Gasteiger partial charge in [0.05, 0.1) is 37.3 Å². The van der Waals surface area contributed by atoms with Crippen molar-refractivity contribution in [3.63, 3.8) is 0 Å². The number of rotatable bonds is 2. The molecule has 1 unspecified atom stereocenters. The van der Waals surface area contributed by atoms with E-state index in [2.05, 4.69) is 21.6 Å². The van der Waals surface area contributed by atoms with E-state index in [4.69, 9.17) is 4.74 Å². The second-order valence-corrected chi connectivity index (χ2v) is 4.08. The third-order valence-corrected chi connectivity index (χ3v) is 2.31. The predicted octanol–water partition coefficient (Wildman–Crippen LogP) is 2.35. The van der Waals surface area contributed by atoms with E-state index in [1.807, 2.05) is 0 Å². The van der Waals surface area contributed by atoms with Gasteiger partial charge in [0.2, 0.25) is 12.2 Å². The number of ether oxygens (including phenoxy) is 2. The van der Waals surface area contributed by atoms with Crippen LogP contribution in [0.25, 0.3) is 0 Å². The SMILES string of the molecule is C1CO1.CC1CO1.Cc1c(N=C=O)cccc1N=C=O. The van der Waals surface area contributed by atoms with Crippen molar-refractivity contribution in [2.45, 2.75) is 20.0 Å². The molecule has 6 heteroatoms. The second kappa shape index (κ2) is 8.91. The maximum atomic E-state index is 10.00. The van der Waals surface area contributed by atoms with Crippen molar-refractivity contribution in [1.29, 1.82) is 0 Å². The molecule has 3 rings (SSSR count). The molecule has 2 saturated heterocycles. The van der Waals surface area contributed by atoms with Crippen LogP contribution in [-0.4, -0.2) is 38.1 Å². The first-order valence-electron chi connectivity index (χ1n) is 6.13. The molecule has 0 bridgehead atoms. The Morgan fingerprint density at radius 2 is 1.55 bits per heavy atom. The Hall–Kier alpha value is -2.10. The summed E-state index contributed by atoms with van der Waals surface area (Å²) in [6.07, 6.45) is 3.44. The molecule has 0 aromatic heterocycles. The largest absolute Gasteiger partial charge is 0.377 e. The fourth-order valence-corrected chi connectivity index (χ4v) is 1.05. The summed E-state index contributed by atoms with van der Waals surface area (Å²) >= 11 is 0. The summed E-state index contributed by atoms with van der Waals surface area (Å²) in [7, 11) is 0. The molecule has 2 aliphatic heterocycles. The Bertz CT molecular complexity index is 487. The first-order valence-corrected chi connectivity index (χ1v) is 6.13. The van der Waals surface area contributed by atoms with Gasteiger partial charge < -0.3 is 9.47 Å². The van der Waals surface area contributed by atoms with E-state index in [9.17, 15) is 9.59 Å². The molecular weight excluding hydrogens is 260 g/mol. The second-order valence-electron chi connectivity index (χ2n) is 4.08. The molecule has 1 aromatic carbocycles. The minimum absolute atomic E-state index is 0.464. The molecule has 2 aliphatic rings. The van der Waals surface area contributed by atoms with Gasteiger partial charge in [-0.05, 0) is 26.0 Å². The summed E-state index contributed by atoms with van der Waals surface area (Å²) in [4.78, 5) is 26.9. The van der Waals surface area contributed by atoms with Crippen LogP contribution in [0.2, 0.25) is 0 Å². The minimum atomic E-state index is 0.464. The summed E-state index contributed by atoms with van der Waals surface area (Å²) < 4.78 is 9.21. The van der Waals surface area contributed by atoms with Crippen LogP contribution in [0.5, 0.6) is 0 Å². The maximum absolute atomic E-state index is 10.00. The van der Waals surface area contributed by atoms with Gasteiger partial charge in [-0.2, -0.15) is 9.98 Å². The lowest BCUT2D eigenvalue weighted by molar-refractivity contribution is 0.423. The predicted molar refractivity (Wildman–Crippen MR) is 73.0 cm³/mol. The zero-order chi connectivity index (χ0) is 14.8. The maximum Gasteiger partial charge on any atom is 0.240 e. The Morgan fingerprint density at radius 1 is 1.15 bits per heavy atom. The van der Waals surface area contributed by atoms with Gasteiger partial charge in [0, 0.05) is 5.56 Å². The van der Waals surface area contributed by atoms with Crippen LogP contribution >= 0.6 is 0 Å². The average Bonchev–Trinajstić information content (AvgIpc) is 3.28. The standard InChI is InChI=1S/C9H6N2O2.C3H6O.C2H4O/c1-7-8(10-5-12)3-2-4-9(7)11-6-13;1-3-2-4-3;1-2-3-1/h2-4H,1H3;3H,2H2,1H3;1-2H2. The van der Waals surface area contributed by atoms with Crippen molar-refractivity contribution in [2.24, 2.45) is 9.98 Å². The Morgan fingerprint density at radius 3 is 1.80 bits per heavy atom.